The fraction of sp³-hybridized carbons (Fsp3) is 0.318. The molecule has 0 saturated carbocycles. The first-order chi connectivity index (χ1) is 16.1. The largest absolute Gasteiger partial charge is 0.467 e. The van der Waals surface area contributed by atoms with E-state index in [2.05, 4.69) is 10.6 Å². The zero-order chi connectivity index (χ0) is 24.9. The molecule has 0 aliphatic carbocycles. The molecule has 2 heterocycles. The van der Waals surface area contributed by atoms with Crippen molar-refractivity contribution in [3.63, 3.8) is 0 Å². The molecule has 11 nitrogen and oxygen atoms in total. The Morgan fingerprint density at radius 2 is 1.85 bits per heavy atom. The molecule has 0 fully saturated rings. The second-order valence-corrected chi connectivity index (χ2v) is 9.44. The van der Waals surface area contributed by atoms with E-state index in [1.54, 1.807) is 31.2 Å². The van der Waals surface area contributed by atoms with Crippen molar-refractivity contribution in [3.05, 3.63) is 65.3 Å². The molecule has 2 aromatic rings. The van der Waals surface area contributed by atoms with E-state index >= 15 is 0 Å². The third kappa shape index (κ3) is 5.64. The molecule has 1 aromatic carbocycles. The Bertz CT molecular complexity index is 1190. The minimum atomic E-state index is -3.92. The first-order valence-corrected chi connectivity index (χ1v) is 11.8. The fourth-order valence-corrected chi connectivity index (χ4v) is 4.32. The van der Waals surface area contributed by atoms with Crippen LogP contribution in [0.3, 0.4) is 0 Å². The zero-order valence-corrected chi connectivity index (χ0v) is 19.7. The molecule has 1 atom stereocenters. The Kier molecular flexibility index (Phi) is 7.74. The van der Waals surface area contributed by atoms with Gasteiger partial charge in [-0.15, -0.1) is 0 Å². The van der Waals surface area contributed by atoms with Gasteiger partial charge in [0.25, 0.3) is 0 Å². The SMILES string of the molecule is CCOC(=O)C1=C(COC(=O)CN(C)S(=O)(=O)c2ccc(C)cc2)NC(=O)N[C@@H]1c1ccco1. The van der Waals surface area contributed by atoms with Crippen LogP contribution in [0.1, 0.15) is 24.3 Å². The van der Waals surface area contributed by atoms with E-state index in [9.17, 15) is 22.8 Å². The lowest BCUT2D eigenvalue weighted by molar-refractivity contribution is -0.143. The number of carbonyl (C=O) groups excluding carboxylic acids is 3. The van der Waals surface area contributed by atoms with E-state index in [0.29, 0.717) is 0 Å². The van der Waals surface area contributed by atoms with E-state index in [-0.39, 0.29) is 28.5 Å². The maximum Gasteiger partial charge on any atom is 0.338 e. The lowest BCUT2D eigenvalue weighted by Crippen LogP contribution is -2.47. The maximum atomic E-state index is 12.7. The lowest BCUT2D eigenvalue weighted by Gasteiger charge is -2.27. The predicted octanol–water partition coefficient (Wildman–Crippen LogP) is 1.62. The van der Waals surface area contributed by atoms with Crippen LogP contribution >= 0.6 is 0 Å². The van der Waals surface area contributed by atoms with Crippen molar-refractivity contribution in [2.45, 2.75) is 24.8 Å². The van der Waals surface area contributed by atoms with Gasteiger partial charge in [-0.05, 0) is 38.1 Å². The lowest BCUT2D eigenvalue weighted by atomic mass is 10.0. The summed E-state index contributed by atoms with van der Waals surface area (Å²) in [5.41, 5.74) is 0.898. The van der Waals surface area contributed by atoms with E-state index in [1.807, 2.05) is 6.92 Å². The van der Waals surface area contributed by atoms with Crippen molar-refractivity contribution in [3.8, 4) is 0 Å². The molecule has 0 spiro atoms. The number of amides is 2. The fourth-order valence-electron chi connectivity index (χ4n) is 3.21. The van der Waals surface area contributed by atoms with Crippen molar-refractivity contribution in [2.24, 2.45) is 0 Å². The van der Waals surface area contributed by atoms with Gasteiger partial charge < -0.3 is 24.5 Å². The Hall–Kier alpha value is -3.64. The van der Waals surface area contributed by atoms with Gasteiger partial charge >= 0.3 is 18.0 Å². The highest BCUT2D eigenvalue weighted by atomic mass is 32.2. The number of sulfonamides is 1. The monoisotopic (exact) mass is 491 g/mol. The summed E-state index contributed by atoms with van der Waals surface area (Å²) in [4.78, 5) is 37.2. The van der Waals surface area contributed by atoms with Crippen molar-refractivity contribution in [1.82, 2.24) is 14.9 Å². The number of esters is 2. The number of furan rings is 1. The summed E-state index contributed by atoms with van der Waals surface area (Å²) in [6.45, 7) is 2.46. The van der Waals surface area contributed by atoms with Gasteiger partial charge in [0.2, 0.25) is 10.0 Å². The van der Waals surface area contributed by atoms with Gasteiger partial charge in [0.15, 0.2) is 0 Å². The first-order valence-electron chi connectivity index (χ1n) is 10.3. The highest BCUT2D eigenvalue weighted by Crippen LogP contribution is 2.28. The highest BCUT2D eigenvalue weighted by molar-refractivity contribution is 7.89. The Morgan fingerprint density at radius 3 is 2.47 bits per heavy atom. The van der Waals surface area contributed by atoms with Gasteiger partial charge in [0.1, 0.15) is 25.0 Å². The number of benzene rings is 1. The molecular weight excluding hydrogens is 466 g/mol. The standard InChI is InChI=1S/C22H25N3O8S/c1-4-31-21(27)19-16(23-22(28)24-20(19)17-6-5-11-32-17)13-33-18(26)12-25(3)34(29,30)15-9-7-14(2)8-10-15/h5-11,20H,4,12-13H2,1-3H3,(H2,23,24,28)/t20-/m1/s1. The number of likely N-dealkylation sites (N-methyl/N-ethyl adjacent to an activating group) is 1. The smallest absolute Gasteiger partial charge is 0.338 e. The molecule has 12 heteroatoms. The number of ether oxygens (including phenoxy) is 2. The number of aryl methyl sites for hydroxylation is 1. The number of hydrogen-bond acceptors (Lipinski definition) is 8. The number of nitrogens with one attached hydrogen (secondary N) is 2. The number of urea groups is 1. The van der Waals surface area contributed by atoms with E-state index in [0.717, 1.165) is 9.87 Å². The van der Waals surface area contributed by atoms with Crippen molar-refractivity contribution in [2.75, 3.05) is 26.8 Å². The molecule has 0 saturated heterocycles. The second kappa shape index (κ2) is 10.5. The van der Waals surface area contributed by atoms with Gasteiger partial charge in [-0.3, -0.25) is 4.79 Å². The zero-order valence-electron chi connectivity index (χ0n) is 18.9. The van der Waals surface area contributed by atoms with Crippen LogP contribution in [-0.4, -0.2) is 57.5 Å². The molecule has 1 aliphatic rings. The second-order valence-electron chi connectivity index (χ2n) is 7.39. The van der Waals surface area contributed by atoms with Crippen LogP contribution in [0, 0.1) is 6.92 Å². The molecule has 182 valence electrons. The summed E-state index contributed by atoms with van der Waals surface area (Å²) in [5, 5.41) is 5.02. The molecule has 0 unspecified atom stereocenters. The van der Waals surface area contributed by atoms with Gasteiger partial charge in [0.05, 0.1) is 29.0 Å². The molecule has 3 rings (SSSR count). The molecule has 2 amide bonds. The summed E-state index contributed by atoms with van der Waals surface area (Å²) < 4.78 is 41.8. The van der Waals surface area contributed by atoms with E-state index in [4.69, 9.17) is 13.9 Å². The number of hydrogen-bond donors (Lipinski definition) is 2. The van der Waals surface area contributed by atoms with Crippen LogP contribution in [0.4, 0.5) is 4.79 Å². The molecule has 0 bridgehead atoms. The summed E-state index contributed by atoms with van der Waals surface area (Å²) in [6.07, 6.45) is 1.39. The minimum absolute atomic E-state index is 0.000921. The van der Waals surface area contributed by atoms with Gasteiger partial charge in [-0.25, -0.2) is 18.0 Å². The quantitative estimate of drug-likeness (QED) is 0.504. The van der Waals surface area contributed by atoms with Gasteiger partial charge in [-0.2, -0.15) is 4.31 Å². The molecule has 2 N–H and O–H groups in total. The molecule has 0 radical (unpaired) electrons. The van der Waals surface area contributed by atoms with Crippen LogP contribution in [0.15, 0.2) is 63.2 Å². The summed E-state index contributed by atoms with van der Waals surface area (Å²) >= 11 is 0. The van der Waals surface area contributed by atoms with Crippen LogP contribution in [0.2, 0.25) is 0 Å². The van der Waals surface area contributed by atoms with Gasteiger partial charge in [-0.1, -0.05) is 17.7 Å². The number of rotatable bonds is 9. The molecule has 1 aromatic heterocycles. The average molecular weight is 492 g/mol. The van der Waals surface area contributed by atoms with E-state index < -0.39 is 47.2 Å². The maximum absolute atomic E-state index is 12.7. The normalized spacial score (nSPS) is 16.1. The average Bonchev–Trinajstić information content (AvgIpc) is 3.32. The van der Waals surface area contributed by atoms with Crippen LogP contribution in [-0.2, 0) is 29.1 Å². The summed E-state index contributed by atoms with van der Waals surface area (Å²) in [5.74, 6) is -1.33. The first kappa shape index (κ1) is 25.0. The third-order valence-corrected chi connectivity index (χ3v) is 6.75. The number of carbonyl (C=O) groups is 3. The van der Waals surface area contributed by atoms with Crippen molar-refractivity contribution < 1.29 is 36.7 Å². The Balaban J connectivity index is 1.76. The summed E-state index contributed by atoms with van der Waals surface area (Å²) in [7, 11) is -2.67. The summed E-state index contributed by atoms with van der Waals surface area (Å²) in [6, 6.07) is 7.76. The van der Waals surface area contributed by atoms with Crippen LogP contribution < -0.4 is 10.6 Å². The van der Waals surface area contributed by atoms with E-state index in [1.165, 1.54) is 25.4 Å². The predicted molar refractivity (Wildman–Crippen MR) is 119 cm³/mol. The molecular formula is C22H25N3O8S. The van der Waals surface area contributed by atoms with Crippen molar-refractivity contribution in [1.29, 1.82) is 0 Å². The Morgan fingerprint density at radius 1 is 1.15 bits per heavy atom. The van der Waals surface area contributed by atoms with Crippen LogP contribution in [0.5, 0.6) is 0 Å². The van der Waals surface area contributed by atoms with Crippen molar-refractivity contribution >= 4 is 28.0 Å². The minimum Gasteiger partial charge on any atom is -0.467 e. The third-order valence-electron chi connectivity index (χ3n) is 4.94. The topological polar surface area (TPSA) is 144 Å². The number of nitrogens with zero attached hydrogens (tertiary/aromatic N) is 1. The Labute approximate surface area is 196 Å². The van der Waals surface area contributed by atoms with Crippen LogP contribution in [0.25, 0.3) is 0 Å². The molecule has 34 heavy (non-hydrogen) atoms. The molecule has 1 aliphatic heterocycles. The highest BCUT2D eigenvalue weighted by Gasteiger charge is 2.36. The van der Waals surface area contributed by atoms with Gasteiger partial charge in [0, 0.05) is 7.05 Å².